The van der Waals surface area contributed by atoms with Gasteiger partial charge in [0.25, 0.3) is 0 Å². The summed E-state index contributed by atoms with van der Waals surface area (Å²) in [5.41, 5.74) is 9.15. The number of benzene rings is 2. The van der Waals surface area contributed by atoms with Crippen molar-refractivity contribution in [2.45, 2.75) is 25.8 Å². The Balaban J connectivity index is 1.21. The van der Waals surface area contributed by atoms with Gasteiger partial charge in [-0.25, -0.2) is 4.39 Å². The standard InChI is InChI=1S/C34H31FN4O5S/c1-43-12-11-37-19-23-5-7-28(39-20-23)32-18-29-33(45-32)31(9-10-38-29)44-30-8-6-22(16-27(30)35)15-26(41)17-25(40)14-21-3-2-4-24(13-21)34(36)42/h2-10,13,16,18,20,37H,11-12,14-15,17,19H2,1H3,(H2,36,42). The van der Waals surface area contributed by atoms with Crippen molar-refractivity contribution in [2.24, 2.45) is 5.73 Å². The zero-order chi connectivity index (χ0) is 31.8. The highest BCUT2D eigenvalue weighted by atomic mass is 32.1. The molecule has 0 saturated heterocycles. The number of fused-ring (bicyclic) bond motifs is 1. The van der Waals surface area contributed by atoms with Gasteiger partial charge in [0.15, 0.2) is 11.6 Å². The molecule has 0 atom stereocenters. The van der Waals surface area contributed by atoms with Crippen LogP contribution < -0.4 is 15.8 Å². The molecule has 9 nitrogen and oxygen atoms in total. The maximum Gasteiger partial charge on any atom is 0.248 e. The lowest BCUT2D eigenvalue weighted by atomic mass is 10.00. The molecule has 3 N–H and O–H groups in total. The first-order chi connectivity index (χ1) is 21.8. The molecule has 5 aromatic rings. The van der Waals surface area contributed by atoms with Gasteiger partial charge in [0.05, 0.1) is 33.8 Å². The first-order valence-corrected chi connectivity index (χ1v) is 15.0. The topological polar surface area (TPSA) is 134 Å². The van der Waals surface area contributed by atoms with Gasteiger partial charge in [0.2, 0.25) is 5.91 Å². The minimum absolute atomic E-state index is 0.00232. The summed E-state index contributed by atoms with van der Waals surface area (Å²) in [6.45, 7) is 2.08. The van der Waals surface area contributed by atoms with Crippen molar-refractivity contribution in [3.63, 3.8) is 0 Å². The molecule has 0 aliphatic rings. The van der Waals surface area contributed by atoms with Crippen molar-refractivity contribution in [3.05, 3.63) is 107 Å². The third-order valence-electron chi connectivity index (χ3n) is 6.89. The molecule has 0 aliphatic carbocycles. The number of nitrogens with two attached hydrogens (primary N) is 1. The van der Waals surface area contributed by atoms with Crippen LogP contribution in [0.15, 0.2) is 79.1 Å². The molecular formula is C34H31FN4O5S. The number of rotatable bonds is 15. The summed E-state index contributed by atoms with van der Waals surface area (Å²) in [6, 6.07) is 18.3. The third kappa shape index (κ3) is 8.42. The molecule has 45 heavy (non-hydrogen) atoms. The van der Waals surface area contributed by atoms with Gasteiger partial charge < -0.3 is 20.5 Å². The van der Waals surface area contributed by atoms with Gasteiger partial charge in [-0.1, -0.05) is 24.3 Å². The SMILES string of the molecule is COCCNCc1ccc(-c2cc3nccc(Oc4ccc(CC(=O)CC(=O)Cc5cccc(C(N)=O)c5)cc4F)c3s2)nc1. The third-order valence-corrected chi connectivity index (χ3v) is 8.05. The number of pyridine rings is 2. The lowest BCUT2D eigenvalue weighted by Crippen LogP contribution is -2.18. The lowest BCUT2D eigenvalue weighted by molar-refractivity contribution is -0.126. The summed E-state index contributed by atoms with van der Waals surface area (Å²) in [5, 5.41) is 3.29. The van der Waals surface area contributed by atoms with Crippen molar-refractivity contribution < 1.29 is 28.2 Å². The van der Waals surface area contributed by atoms with E-state index in [9.17, 15) is 14.4 Å². The summed E-state index contributed by atoms with van der Waals surface area (Å²) < 4.78 is 26.9. The van der Waals surface area contributed by atoms with Crippen molar-refractivity contribution >= 4 is 39.0 Å². The maximum atomic E-state index is 15.1. The Labute approximate surface area is 263 Å². The molecule has 1 amide bonds. The molecule has 230 valence electrons. The largest absolute Gasteiger partial charge is 0.453 e. The van der Waals surface area contributed by atoms with Crippen LogP contribution in [0.25, 0.3) is 20.8 Å². The molecule has 0 bridgehead atoms. The summed E-state index contributed by atoms with van der Waals surface area (Å²) in [4.78, 5) is 46.3. The van der Waals surface area contributed by atoms with Crippen molar-refractivity contribution in [1.29, 1.82) is 0 Å². The van der Waals surface area contributed by atoms with Crippen molar-refractivity contribution in [3.8, 4) is 22.1 Å². The number of Topliss-reactive ketones (excluding diaryl/α,β-unsaturated/α-hetero) is 2. The van der Waals surface area contributed by atoms with E-state index >= 15 is 4.39 Å². The number of nitrogens with zero attached hydrogens (tertiary/aromatic N) is 2. The molecule has 11 heteroatoms. The number of primary amides is 1. The van der Waals surface area contributed by atoms with E-state index in [1.54, 1.807) is 43.6 Å². The fourth-order valence-electron chi connectivity index (χ4n) is 4.69. The van der Waals surface area contributed by atoms with Gasteiger partial charge in [-0.05, 0) is 53.1 Å². The average Bonchev–Trinajstić information content (AvgIpc) is 3.46. The number of nitrogens with one attached hydrogen (secondary N) is 1. The normalized spacial score (nSPS) is 11.1. The number of halogens is 1. The molecule has 0 aliphatic heterocycles. The molecular weight excluding hydrogens is 595 g/mol. The molecule has 0 fully saturated rings. The van der Waals surface area contributed by atoms with Crippen molar-refractivity contribution in [2.75, 3.05) is 20.3 Å². The molecule has 0 radical (unpaired) electrons. The highest BCUT2D eigenvalue weighted by Crippen LogP contribution is 2.39. The summed E-state index contributed by atoms with van der Waals surface area (Å²) in [6.07, 6.45) is 3.01. The number of hydrogen-bond acceptors (Lipinski definition) is 9. The number of hydrogen-bond donors (Lipinski definition) is 2. The Morgan fingerprint density at radius 2 is 1.69 bits per heavy atom. The quantitative estimate of drug-likeness (QED) is 0.116. The Hall–Kier alpha value is -4.84. The minimum Gasteiger partial charge on any atom is -0.453 e. The van der Waals surface area contributed by atoms with Crippen LogP contribution in [0.2, 0.25) is 0 Å². The second-order valence-electron chi connectivity index (χ2n) is 10.4. The Morgan fingerprint density at radius 3 is 2.40 bits per heavy atom. The monoisotopic (exact) mass is 626 g/mol. The van der Waals surface area contributed by atoms with Crippen LogP contribution in [0, 0.1) is 5.82 Å². The molecule has 2 aromatic carbocycles. The van der Waals surface area contributed by atoms with Gasteiger partial charge in [0.1, 0.15) is 17.3 Å². The van der Waals surface area contributed by atoms with Crippen LogP contribution in [0.1, 0.15) is 33.5 Å². The molecule has 0 spiro atoms. The van der Waals surface area contributed by atoms with E-state index < -0.39 is 11.7 Å². The zero-order valence-electron chi connectivity index (χ0n) is 24.5. The van der Waals surface area contributed by atoms with E-state index in [1.807, 2.05) is 24.4 Å². The van der Waals surface area contributed by atoms with Crippen LogP contribution in [0.4, 0.5) is 4.39 Å². The van der Waals surface area contributed by atoms with E-state index in [1.165, 1.54) is 29.5 Å². The number of ether oxygens (including phenoxy) is 2. The van der Waals surface area contributed by atoms with Gasteiger partial charge in [-0.2, -0.15) is 0 Å². The smallest absolute Gasteiger partial charge is 0.248 e. The second kappa shape index (κ2) is 14.8. The molecule has 3 heterocycles. The number of thiophene rings is 1. The fourth-order valence-corrected chi connectivity index (χ4v) is 5.74. The number of carbonyl (C=O) groups is 3. The van der Waals surface area contributed by atoms with Crippen LogP contribution in [-0.2, 0) is 33.7 Å². The molecule has 5 rings (SSSR count). The van der Waals surface area contributed by atoms with Gasteiger partial charge in [-0.3, -0.25) is 24.4 Å². The minimum atomic E-state index is -0.631. The second-order valence-corrected chi connectivity index (χ2v) is 11.4. The van der Waals surface area contributed by atoms with Crippen LogP contribution in [0.5, 0.6) is 11.5 Å². The van der Waals surface area contributed by atoms with E-state index in [2.05, 4.69) is 15.3 Å². The van der Waals surface area contributed by atoms with E-state index in [-0.39, 0.29) is 36.6 Å². The first-order valence-electron chi connectivity index (χ1n) is 14.2. The highest BCUT2D eigenvalue weighted by molar-refractivity contribution is 7.22. The lowest BCUT2D eigenvalue weighted by Gasteiger charge is -2.09. The number of aromatic nitrogens is 2. The van der Waals surface area contributed by atoms with E-state index in [0.717, 1.165) is 27.4 Å². The van der Waals surface area contributed by atoms with Crippen LogP contribution >= 0.6 is 11.3 Å². The van der Waals surface area contributed by atoms with Gasteiger partial charge in [-0.15, -0.1) is 11.3 Å². The fraction of sp³-hybridized carbons (Fsp3) is 0.206. The number of amides is 1. The Morgan fingerprint density at radius 1 is 0.911 bits per heavy atom. The first kappa shape index (κ1) is 31.6. The molecule has 3 aromatic heterocycles. The van der Waals surface area contributed by atoms with E-state index in [4.69, 9.17) is 15.2 Å². The maximum absolute atomic E-state index is 15.1. The Bertz CT molecular complexity index is 1840. The predicted molar refractivity (Wildman–Crippen MR) is 170 cm³/mol. The summed E-state index contributed by atoms with van der Waals surface area (Å²) >= 11 is 1.45. The van der Waals surface area contributed by atoms with Crippen LogP contribution in [0.3, 0.4) is 0 Å². The number of ketones is 2. The van der Waals surface area contributed by atoms with Crippen LogP contribution in [-0.4, -0.2) is 47.7 Å². The average molecular weight is 627 g/mol. The van der Waals surface area contributed by atoms with Crippen molar-refractivity contribution in [1.82, 2.24) is 15.3 Å². The predicted octanol–water partition coefficient (Wildman–Crippen LogP) is 5.44. The summed E-state index contributed by atoms with van der Waals surface area (Å²) in [7, 11) is 1.66. The molecule has 0 saturated carbocycles. The number of methoxy groups -OCH3 is 1. The van der Waals surface area contributed by atoms with Gasteiger partial charge in [0, 0.05) is 57.1 Å². The van der Waals surface area contributed by atoms with E-state index in [0.29, 0.717) is 41.1 Å². The Kier molecular flexibility index (Phi) is 10.4. The molecule has 0 unspecified atom stereocenters. The summed E-state index contributed by atoms with van der Waals surface area (Å²) in [5.74, 6) is -1.42. The highest BCUT2D eigenvalue weighted by Gasteiger charge is 2.16. The zero-order valence-corrected chi connectivity index (χ0v) is 25.4. The number of carbonyl (C=O) groups excluding carboxylic acids is 3. The van der Waals surface area contributed by atoms with Gasteiger partial charge >= 0.3 is 0 Å².